The van der Waals surface area contributed by atoms with Gasteiger partial charge in [-0.25, -0.2) is 14.6 Å². The molecule has 1 aliphatic rings. The van der Waals surface area contributed by atoms with Crippen LogP contribution in [-0.4, -0.2) is 45.9 Å². The van der Waals surface area contributed by atoms with Gasteiger partial charge in [0.1, 0.15) is 17.9 Å². The zero-order valence-electron chi connectivity index (χ0n) is 15.8. The van der Waals surface area contributed by atoms with E-state index in [4.69, 9.17) is 4.74 Å². The predicted octanol–water partition coefficient (Wildman–Crippen LogP) is 2.76. The van der Waals surface area contributed by atoms with Crippen molar-refractivity contribution in [2.45, 2.75) is 6.18 Å². The third-order valence-corrected chi connectivity index (χ3v) is 4.74. The molecular formula is C19H17F3N6O2. The Morgan fingerprint density at radius 1 is 1.20 bits per heavy atom. The minimum absolute atomic E-state index is 0.0150. The van der Waals surface area contributed by atoms with Crippen LogP contribution in [-0.2, 0) is 11.0 Å². The second kappa shape index (κ2) is 7.65. The molecule has 1 aromatic carbocycles. The molecule has 0 bridgehead atoms. The van der Waals surface area contributed by atoms with Gasteiger partial charge in [0.15, 0.2) is 5.82 Å². The number of hydrogen-bond donors (Lipinski definition) is 1. The molecule has 1 amide bonds. The van der Waals surface area contributed by atoms with E-state index in [0.29, 0.717) is 24.7 Å². The topological polar surface area (TPSA) is 85.2 Å². The summed E-state index contributed by atoms with van der Waals surface area (Å²) in [6.07, 6.45) is 0.278. The van der Waals surface area contributed by atoms with Gasteiger partial charge in [-0.05, 0) is 24.3 Å². The van der Waals surface area contributed by atoms with E-state index in [9.17, 15) is 18.0 Å². The molecule has 1 saturated heterocycles. The van der Waals surface area contributed by atoms with Crippen LogP contribution in [0.5, 0.6) is 5.75 Å². The molecule has 1 N–H and O–H groups in total. The molecule has 0 unspecified atom stereocenters. The molecule has 0 radical (unpaired) electrons. The molecule has 4 rings (SSSR count). The van der Waals surface area contributed by atoms with E-state index >= 15 is 0 Å². The fraction of sp³-hybridized carbons (Fsp3) is 0.263. The van der Waals surface area contributed by atoms with Gasteiger partial charge in [0.05, 0.1) is 24.3 Å². The molecular weight excluding hydrogens is 401 g/mol. The lowest BCUT2D eigenvalue weighted by molar-refractivity contribution is -0.137. The van der Waals surface area contributed by atoms with E-state index in [0.717, 1.165) is 12.1 Å². The average molecular weight is 418 g/mol. The minimum Gasteiger partial charge on any atom is -0.495 e. The molecule has 0 atom stereocenters. The Morgan fingerprint density at radius 3 is 2.63 bits per heavy atom. The lowest BCUT2D eigenvalue weighted by atomic mass is 9.99. The van der Waals surface area contributed by atoms with Crippen LogP contribution in [0, 0.1) is 5.92 Å². The normalized spacial score (nSPS) is 14.3. The number of carbonyl (C=O) groups excluding carboxylic acids is 1. The molecule has 2 aromatic heterocycles. The first-order valence-electron chi connectivity index (χ1n) is 8.98. The molecule has 11 heteroatoms. The summed E-state index contributed by atoms with van der Waals surface area (Å²) in [5.41, 5.74) is -0.875. The van der Waals surface area contributed by atoms with Crippen LogP contribution in [0.4, 0.5) is 24.7 Å². The Morgan fingerprint density at radius 2 is 1.97 bits per heavy atom. The molecule has 0 aliphatic carbocycles. The Labute approximate surface area is 169 Å². The summed E-state index contributed by atoms with van der Waals surface area (Å²) in [7, 11) is 1.33. The van der Waals surface area contributed by atoms with Crippen molar-refractivity contribution in [3.05, 3.63) is 54.6 Å². The van der Waals surface area contributed by atoms with Crippen LogP contribution < -0.4 is 15.0 Å². The summed E-state index contributed by atoms with van der Waals surface area (Å²) in [6, 6.07) is 6.48. The molecule has 0 spiro atoms. The lowest BCUT2D eigenvalue weighted by Gasteiger charge is -2.39. The smallest absolute Gasteiger partial charge is 0.416 e. The number of amides is 1. The molecule has 0 saturated carbocycles. The molecule has 3 aromatic rings. The monoisotopic (exact) mass is 418 g/mol. The molecule has 1 aliphatic heterocycles. The van der Waals surface area contributed by atoms with Crippen molar-refractivity contribution < 1.29 is 22.7 Å². The van der Waals surface area contributed by atoms with Crippen molar-refractivity contribution in [2.75, 3.05) is 30.4 Å². The van der Waals surface area contributed by atoms with E-state index in [1.807, 2.05) is 4.90 Å². The second-order valence-electron chi connectivity index (χ2n) is 6.69. The van der Waals surface area contributed by atoms with E-state index in [-0.39, 0.29) is 17.3 Å². The number of nitrogens with zero attached hydrogens (tertiary/aromatic N) is 5. The van der Waals surface area contributed by atoms with Crippen molar-refractivity contribution in [2.24, 2.45) is 5.92 Å². The fourth-order valence-corrected chi connectivity index (χ4v) is 3.09. The van der Waals surface area contributed by atoms with Crippen molar-refractivity contribution in [3.8, 4) is 11.6 Å². The van der Waals surface area contributed by atoms with Crippen molar-refractivity contribution in [3.63, 3.8) is 0 Å². The number of anilines is 2. The van der Waals surface area contributed by atoms with Gasteiger partial charge in [0, 0.05) is 31.5 Å². The largest absolute Gasteiger partial charge is 0.495 e. The minimum atomic E-state index is -4.52. The maximum atomic E-state index is 13.0. The molecule has 3 heterocycles. The first-order valence-corrected chi connectivity index (χ1v) is 8.98. The Hall–Kier alpha value is -3.63. The first kappa shape index (κ1) is 19.7. The highest BCUT2D eigenvalue weighted by Gasteiger charge is 2.35. The van der Waals surface area contributed by atoms with Crippen molar-refractivity contribution >= 4 is 17.4 Å². The molecule has 156 valence electrons. The number of benzene rings is 1. The predicted molar refractivity (Wildman–Crippen MR) is 101 cm³/mol. The van der Waals surface area contributed by atoms with Crippen molar-refractivity contribution in [1.29, 1.82) is 0 Å². The molecule has 30 heavy (non-hydrogen) atoms. The SMILES string of the molecule is COc1ccc(C(F)(F)F)cc1NC(=O)C1CN(c2cc(-n3cccn3)ncn2)C1. The van der Waals surface area contributed by atoms with Crippen LogP contribution in [0.3, 0.4) is 0 Å². The summed E-state index contributed by atoms with van der Waals surface area (Å²) in [5.74, 6) is 0.604. The van der Waals surface area contributed by atoms with E-state index in [1.54, 1.807) is 29.2 Å². The number of hydrogen-bond acceptors (Lipinski definition) is 6. The Kier molecular flexibility index (Phi) is 5.02. The first-order chi connectivity index (χ1) is 14.3. The Balaban J connectivity index is 1.42. The highest BCUT2D eigenvalue weighted by Crippen LogP contribution is 2.35. The second-order valence-corrected chi connectivity index (χ2v) is 6.69. The average Bonchev–Trinajstić information content (AvgIpc) is 3.21. The van der Waals surface area contributed by atoms with Gasteiger partial charge in [-0.15, -0.1) is 0 Å². The third-order valence-electron chi connectivity index (χ3n) is 4.74. The maximum absolute atomic E-state index is 13.0. The van der Waals surface area contributed by atoms with E-state index in [2.05, 4.69) is 20.4 Å². The van der Waals surface area contributed by atoms with Gasteiger partial charge < -0.3 is 15.0 Å². The van der Waals surface area contributed by atoms with Gasteiger partial charge in [-0.3, -0.25) is 4.79 Å². The lowest BCUT2D eigenvalue weighted by Crippen LogP contribution is -2.52. The molecule has 1 fully saturated rings. The number of carbonyl (C=O) groups is 1. The van der Waals surface area contributed by atoms with Gasteiger partial charge in [0.25, 0.3) is 0 Å². The van der Waals surface area contributed by atoms with Crippen LogP contribution in [0.25, 0.3) is 5.82 Å². The van der Waals surface area contributed by atoms with Crippen LogP contribution in [0.15, 0.2) is 49.1 Å². The number of rotatable bonds is 5. The number of aromatic nitrogens is 4. The van der Waals surface area contributed by atoms with Crippen LogP contribution in [0.1, 0.15) is 5.56 Å². The molecule has 8 nitrogen and oxygen atoms in total. The highest BCUT2D eigenvalue weighted by atomic mass is 19.4. The number of alkyl halides is 3. The summed E-state index contributed by atoms with van der Waals surface area (Å²) in [5, 5.41) is 6.66. The summed E-state index contributed by atoms with van der Waals surface area (Å²) in [4.78, 5) is 22.8. The van der Waals surface area contributed by atoms with Gasteiger partial charge in [-0.1, -0.05) is 0 Å². The Bertz CT molecular complexity index is 1050. The number of ether oxygens (including phenoxy) is 1. The number of methoxy groups -OCH3 is 1. The van der Waals surface area contributed by atoms with E-state index < -0.39 is 17.7 Å². The number of halogens is 3. The van der Waals surface area contributed by atoms with Gasteiger partial charge in [0.2, 0.25) is 5.91 Å². The van der Waals surface area contributed by atoms with Crippen molar-refractivity contribution in [1.82, 2.24) is 19.7 Å². The fourth-order valence-electron chi connectivity index (χ4n) is 3.09. The zero-order chi connectivity index (χ0) is 21.3. The third kappa shape index (κ3) is 3.91. The summed E-state index contributed by atoms with van der Waals surface area (Å²) in [6.45, 7) is 0.755. The number of nitrogens with one attached hydrogen (secondary N) is 1. The van der Waals surface area contributed by atoms with Gasteiger partial charge in [-0.2, -0.15) is 18.3 Å². The summed E-state index contributed by atoms with van der Waals surface area (Å²) >= 11 is 0. The van der Waals surface area contributed by atoms with Gasteiger partial charge >= 0.3 is 6.18 Å². The quantitative estimate of drug-likeness (QED) is 0.686. The van der Waals surface area contributed by atoms with Crippen LogP contribution >= 0.6 is 0 Å². The van der Waals surface area contributed by atoms with E-state index in [1.165, 1.54) is 19.5 Å². The highest BCUT2D eigenvalue weighted by molar-refractivity contribution is 5.95. The standard InChI is InChI=1S/C19H17F3N6O2/c1-30-15-4-3-13(19(20,21)22)7-14(15)26-18(29)12-9-27(10-12)16-8-17(24-11-23-16)28-6-2-5-25-28/h2-8,11-12H,9-10H2,1H3,(H,26,29). The summed E-state index contributed by atoms with van der Waals surface area (Å²) < 4.78 is 45.6. The maximum Gasteiger partial charge on any atom is 0.416 e. The zero-order valence-corrected chi connectivity index (χ0v) is 15.8. The van der Waals surface area contributed by atoms with Crippen LogP contribution in [0.2, 0.25) is 0 Å².